The molecule has 114 valence electrons. The third-order valence-corrected chi connectivity index (χ3v) is 4.80. The van der Waals surface area contributed by atoms with Gasteiger partial charge in [-0.1, -0.05) is 24.3 Å². The standard InChI is InChI=1S/C17H12IN3O2/c18-13-7-3-2-6-11(13)14-12(10-19)16(22)20-17(23)15(14)21-8-4-1-5-9-21/h1-9,14-15H,(H-,20,22,23)/p+1/t14-,15-/m1/s1. The first-order valence-corrected chi connectivity index (χ1v) is 8.05. The van der Waals surface area contributed by atoms with Crippen LogP contribution in [0.25, 0.3) is 0 Å². The zero-order chi connectivity index (χ0) is 16.4. The van der Waals surface area contributed by atoms with E-state index in [4.69, 9.17) is 0 Å². The fraction of sp³-hybridized carbons (Fsp3) is 0.118. The van der Waals surface area contributed by atoms with Gasteiger partial charge < -0.3 is 5.11 Å². The van der Waals surface area contributed by atoms with Crippen molar-refractivity contribution >= 4 is 28.5 Å². The van der Waals surface area contributed by atoms with Crippen LogP contribution >= 0.6 is 22.6 Å². The first kappa shape index (κ1) is 15.5. The number of aromatic nitrogens is 1. The SMILES string of the molecule is N#CC1=C(O)NC(=O)[C@H]([n+]2ccccc2)[C@@H]1c1ccccc1I. The Balaban J connectivity index is 2.23. The number of nitrogens with zero attached hydrogens (tertiary/aromatic N) is 2. The molecule has 0 fully saturated rings. The van der Waals surface area contributed by atoms with Crippen LogP contribution in [0.15, 0.2) is 66.3 Å². The molecule has 0 unspecified atom stereocenters. The summed E-state index contributed by atoms with van der Waals surface area (Å²) >= 11 is 2.18. The molecule has 0 saturated heterocycles. The van der Waals surface area contributed by atoms with E-state index in [0.717, 1.165) is 9.13 Å². The molecule has 1 aromatic carbocycles. The topological polar surface area (TPSA) is 77.0 Å². The van der Waals surface area contributed by atoms with Gasteiger partial charge in [-0.05, 0) is 34.2 Å². The van der Waals surface area contributed by atoms with E-state index < -0.39 is 12.0 Å². The maximum atomic E-state index is 12.5. The molecule has 2 N–H and O–H groups in total. The lowest BCUT2D eigenvalue weighted by atomic mass is 9.82. The van der Waals surface area contributed by atoms with E-state index in [2.05, 4.69) is 27.9 Å². The van der Waals surface area contributed by atoms with Crippen molar-refractivity contribution in [3.63, 3.8) is 0 Å². The first-order chi connectivity index (χ1) is 11.1. The molecule has 3 rings (SSSR count). The summed E-state index contributed by atoms with van der Waals surface area (Å²) in [6.45, 7) is 0. The van der Waals surface area contributed by atoms with Gasteiger partial charge in [-0.3, -0.25) is 10.1 Å². The summed E-state index contributed by atoms with van der Waals surface area (Å²) in [5.74, 6) is -1.26. The molecular weight excluding hydrogens is 405 g/mol. The third kappa shape index (κ3) is 2.80. The Morgan fingerprint density at radius 1 is 1.17 bits per heavy atom. The molecule has 1 aromatic heterocycles. The highest BCUT2D eigenvalue weighted by Gasteiger charge is 2.46. The minimum Gasteiger partial charge on any atom is -0.494 e. The predicted octanol–water partition coefficient (Wildman–Crippen LogP) is 2.33. The van der Waals surface area contributed by atoms with Gasteiger partial charge in [0.15, 0.2) is 12.4 Å². The Bertz CT molecular complexity index is 827. The Kier molecular flexibility index (Phi) is 4.30. The molecule has 1 amide bonds. The first-order valence-electron chi connectivity index (χ1n) is 6.97. The summed E-state index contributed by atoms with van der Waals surface area (Å²) in [7, 11) is 0. The number of amides is 1. The molecule has 0 bridgehead atoms. The van der Waals surface area contributed by atoms with Crippen LogP contribution in [0.3, 0.4) is 0 Å². The van der Waals surface area contributed by atoms with E-state index in [1.807, 2.05) is 48.5 Å². The normalized spacial score (nSPS) is 20.8. The van der Waals surface area contributed by atoms with E-state index in [0.29, 0.717) is 0 Å². The molecule has 2 atom stereocenters. The van der Waals surface area contributed by atoms with Crippen LogP contribution in [0.1, 0.15) is 17.5 Å². The molecule has 0 spiro atoms. The second-order valence-electron chi connectivity index (χ2n) is 5.13. The van der Waals surface area contributed by atoms with E-state index in [1.54, 1.807) is 17.0 Å². The van der Waals surface area contributed by atoms with Crippen LogP contribution in [0, 0.1) is 14.9 Å². The highest BCUT2D eigenvalue weighted by atomic mass is 127. The maximum Gasteiger partial charge on any atom is 0.296 e. The summed E-state index contributed by atoms with van der Waals surface area (Å²) in [6.07, 6.45) is 3.56. The van der Waals surface area contributed by atoms with Crippen molar-refractivity contribution < 1.29 is 14.5 Å². The van der Waals surface area contributed by atoms with Gasteiger partial charge in [0.2, 0.25) is 11.9 Å². The van der Waals surface area contributed by atoms with Crippen molar-refractivity contribution in [2.75, 3.05) is 0 Å². The number of benzene rings is 1. The number of rotatable bonds is 2. The molecular formula is C17H13IN3O2+. The number of aliphatic hydroxyl groups excluding tert-OH is 1. The zero-order valence-corrected chi connectivity index (χ0v) is 14.1. The van der Waals surface area contributed by atoms with Crippen LogP contribution in [0.2, 0.25) is 0 Å². The molecule has 0 saturated carbocycles. The van der Waals surface area contributed by atoms with Crippen molar-refractivity contribution in [1.82, 2.24) is 5.32 Å². The average Bonchev–Trinajstić information content (AvgIpc) is 2.55. The fourth-order valence-corrected chi connectivity index (χ4v) is 3.52. The number of allylic oxidation sites excluding steroid dienone is 1. The quantitative estimate of drug-likeness (QED) is 0.581. The zero-order valence-electron chi connectivity index (χ0n) is 12.0. The van der Waals surface area contributed by atoms with Gasteiger partial charge in [0.1, 0.15) is 11.6 Å². The van der Waals surface area contributed by atoms with Crippen molar-refractivity contribution in [3.8, 4) is 6.07 Å². The van der Waals surface area contributed by atoms with Crippen LogP contribution in [-0.2, 0) is 4.79 Å². The van der Waals surface area contributed by atoms with E-state index in [9.17, 15) is 15.2 Å². The molecule has 0 aliphatic carbocycles. The lowest BCUT2D eigenvalue weighted by Crippen LogP contribution is -2.53. The van der Waals surface area contributed by atoms with E-state index in [-0.39, 0.29) is 17.4 Å². The third-order valence-electron chi connectivity index (χ3n) is 3.81. The van der Waals surface area contributed by atoms with Crippen LogP contribution in [0.4, 0.5) is 0 Å². The van der Waals surface area contributed by atoms with Crippen LogP contribution in [-0.4, -0.2) is 11.0 Å². The van der Waals surface area contributed by atoms with E-state index in [1.165, 1.54) is 0 Å². The predicted molar refractivity (Wildman–Crippen MR) is 91.0 cm³/mol. The van der Waals surface area contributed by atoms with Gasteiger partial charge in [0, 0.05) is 15.7 Å². The molecule has 0 radical (unpaired) electrons. The Hall–Kier alpha value is -2.40. The van der Waals surface area contributed by atoms with Gasteiger partial charge >= 0.3 is 0 Å². The molecule has 2 heterocycles. The fourth-order valence-electron chi connectivity index (χ4n) is 2.79. The van der Waals surface area contributed by atoms with Crippen LogP contribution < -0.4 is 9.88 Å². The summed E-state index contributed by atoms with van der Waals surface area (Å²) in [5, 5.41) is 21.9. The molecule has 1 aliphatic rings. The Morgan fingerprint density at radius 2 is 1.87 bits per heavy atom. The summed E-state index contributed by atoms with van der Waals surface area (Å²) in [4.78, 5) is 12.5. The molecule has 2 aromatic rings. The van der Waals surface area contributed by atoms with Crippen molar-refractivity contribution in [2.45, 2.75) is 12.0 Å². The Morgan fingerprint density at radius 3 is 2.52 bits per heavy atom. The number of aliphatic hydroxyl groups is 1. The highest BCUT2D eigenvalue weighted by Crippen LogP contribution is 2.38. The van der Waals surface area contributed by atoms with Gasteiger partial charge in [-0.25, -0.2) is 0 Å². The molecule has 1 aliphatic heterocycles. The second kappa shape index (κ2) is 6.38. The lowest BCUT2D eigenvalue weighted by Gasteiger charge is -2.27. The van der Waals surface area contributed by atoms with Gasteiger partial charge in [0.25, 0.3) is 5.91 Å². The smallest absolute Gasteiger partial charge is 0.296 e. The lowest BCUT2D eigenvalue weighted by molar-refractivity contribution is -0.711. The number of nitriles is 1. The van der Waals surface area contributed by atoms with Gasteiger partial charge in [-0.2, -0.15) is 9.83 Å². The minimum absolute atomic E-state index is 0.162. The number of carbonyl (C=O) groups excluding carboxylic acids is 1. The second-order valence-corrected chi connectivity index (χ2v) is 6.29. The average molecular weight is 418 g/mol. The molecule has 23 heavy (non-hydrogen) atoms. The van der Waals surface area contributed by atoms with Gasteiger partial charge in [-0.15, -0.1) is 0 Å². The minimum atomic E-state index is -0.641. The van der Waals surface area contributed by atoms with Crippen molar-refractivity contribution in [1.29, 1.82) is 5.26 Å². The Labute approximate surface area is 147 Å². The van der Waals surface area contributed by atoms with Crippen molar-refractivity contribution in [3.05, 3.63) is 75.4 Å². The number of nitrogens with one attached hydrogen (secondary N) is 1. The summed E-state index contributed by atoms with van der Waals surface area (Å²) in [6, 6.07) is 14.5. The van der Waals surface area contributed by atoms with Crippen LogP contribution in [0.5, 0.6) is 0 Å². The van der Waals surface area contributed by atoms with Gasteiger partial charge in [0.05, 0.1) is 5.92 Å². The molecule has 5 nitrogen and oxygen atoms in total. The van der Waals surface area contributed by atoms with E-state index >= 15 is 0 Å². The largest absolute Gasteiger partial charge is 0.494 e. The monoisotopic (exact) mass is 418 g/mol. The number of pyridine rings is 1. The molecule has 6 heteroatoms. The highest BCUT2D eigenvalue weighted by molar-refractivity contribution is 14.1. The number of hydrogen-bond donors (Lipinski definition) is 2. The summed E-state index contributed by atoms with van der Waals surface area (Å²) < 4.78 is 2.69. The van der Waals surface area contributed by atoms with Crippen molar-refractivity contribution in [2.24, 2.45) is 0 Å². The maximum absolute atomic E-state index is 12.5. The summed E-state index contributed by atoms with van der Waals surface area (Å²) in [5.41, 5.74) is 1.00. The number of carbonyl (C=O) groups is 1. The number of halogens is 1. The number of hydrogen-bond acceptors (Lipinski definition) is 3.